The number of halogens is 1. The Bertz CT molecular complexity index is 940. The second-order valence-corrected chi connectivity index (χ2v) is 9.65. The largest absolute Gasteiger partial charge is 0.345 e. The lowest BCUT2D eigenvalue weighted by Gasteiger charge is -2.21. The number of nitrogens with one attached hydrogen (secondary N) is 1. The number of benzene rings is 2. The summed E-state index contributed by atoms with van der Waals surface area (Å²) in [6.07, 6.45) is 4.50. The predicted octanol–water partition coefficient (Wildman–Crippen LogP) is 4.79. The Morgan fingerprint density at radius 1 is 1.07 bits per heavy atom. The Morgan fingerprint density at radius 3 is 2.34 bits per heavy atom. The van der Waals surface area contributed by atoms with Crippen LogP contribution in [-0.2, 0) is 10.0 Å². The van der Waals surface area contributed by atoms with Gasteiger partial charge in [-0.25, -0.2) is 8.42 Å². The quantitative estimate of drug-likeness (QED) is 0.711. The zero-order valence-electron chi connectivity index (χ0n) is 16.6. The highest BCUT2D eigenvalue weighted by atomic mass is 35.5. The van der Waals surface area contributed by atoms with E-state index in [1.54, 1.807) is 0 Å². The molecule has 156 valence electrons. The van der Waals surface area contributed by atoms with Crippen LogP contribution in [0.2, 0.25) is 5.02 Å². The van der Waals surface area contributed by atoms with Crippen molar-refractivity contribution in [1.29, 1.82) is 0 Å². The van der Waals surface area contributed by atoms with E-state index in [0.717, 1.165) is 31.2 Å². The van der Waals surface area contributed by atoms with Crippen LogP contribution in [0.25, 0.3) is 0 Å². The first-order valence-electron chi connectivity index (χ1n) is 10.1. The topological polar surface area (TPSA) is 66.5 Å². The van der Waals surface area contributed by atoms with E-state index in [0.29, 0.717) is 19.5 Å². The lowest BCUT2D eigenvalue weighted by atomic mass is 10.0. The van der Waals surface area contributed by atoms with Gasteiger partial charge in [-0.3, -0.25) is 4.79 Å². The molecule has 1 heterocycles. The summed E-state index contributed by atoms with van der Waals surface area (Å²) < 4.78 is 27.7. The number of nitrogens with zero attached hydrogens (tertiary/aromatic N) is 1. The molecular weight excluding hydrogens is 408 g/mol. The monoisotopic (exact) mass is 434 g/mol. The summed E-state index contributed by atoms with van der Waals surface area (Å²) in [5.74, 6) is -0.376. The van der Waals surface area contributed by atoms with E-state index in [4.69, 9.17) is 11.6 Å². The van der Waals surface area contributed by atoms with E-state index >= 15 is 0 Å². The fourth-order valence-electron chi connectivity index (χ4n) is 3.61. The van der Waals surface area contributed by atoms with Crippen LogP contribution in [0.5, 0.6) is 0 Å². The molecule has 7 heteroatoms. The minimum Gasteiger partial charge on any atom is -0.345 e. The minimum absolute atomic E-state index is 0.113. The van der Waals surface area contributed by atoms with Gasteiger partial charge in [0.1, 0.15) is 0 Å². The summed E-state index contributed by atoms with van der Waals surface area (Å²) in [7, 11) is -3.65. The molecule has 5 nitrogen and oxygen atoms in total. The third kappa shape index (κ3) is 5.18. The second-order valence-electron chi connectivity index (χ2n) is 7.30. The van der Waals surface area contributed by atoms with Gasteiger partial charge in [0.05, 0.1) is 21.5 Å². The average Bonchev–Trinajstić information content (AvgIpc) is 3.03. The molecule has 2 aromatic rings. The number of sulfonamides is 1. The van der Waals surface area contributed by atoms with Crippen LogP contribution in [0.3, 0.4) is 0 Å². The molecule has 1 saturated heterocycles. The van der Waals surface area contributed by atoms with Crippen molar-refractivity contribution in [2.75, 3.05) is 13.1 Å². The first-order valence-corrected chi connectivity index (χ1v) is 11.9. The van der Waals surface area contributed by atoms with Crippen LogP contribution in [0.15, 0.2) is 53.4 Å². The van der Waals surface area contributed by atoms with Gasteiger partial charge in [-0.1, -0.05) is 61.7 Å². The molecule has 1 aliphatic heterocycles. The third-order valence-electron chi connectivity index (χ3n) is 5.30. The van der Waals surface area contributed by atoms with Crippen molar-refractivity contribution in [3.8, 4) is 0 Å². The lowest BCUT2D eigenvalue weighted by molar-refractivity contribution is 0.0935. The van der Waals surface area contributed by atoms with Crippen molar-refractivity contribution >= 4 is 27.5 Å². The van der Waals surface area contributed by atoms with Crippen LogP contribution in [0.1, 0.15) is 61.0 Å². The number of hydrogen-bond acceptors (Lipinski definition) is 3. The number of carbonyl (C=O) groups excluding carboxylic acids is 1. The summed E-state index contributed by atoms with van der Waals surface area (Å²) in [5.41, 5.74) is 1.17. The predicted molar refractivity (Wildman–Crippen MR) is 116 cm³/mol. The van der Waals surface area contributed by atoms with Crippen LogP contribution in [-0.4, -0.2) is 31.7 Å². The van der Waals surface area contributed by atoms with Gasteiger partial charge in [0, 0.05) is 13.1 Å². The molecule has 1 N–H and O–H groups in total. The van der Waals surface area contributed by atoms with Gasteiger partial charge < -0.3 is 5.32 Å². The maximum Gasteiger partial charge on any atom is 0.253 e. The smallest absolute Gasteiger partial charge is 0.253 e. The van der Waals surface area contributed by atoms with Crippen molar-refractivity contribution in [3.05, 3.63) is 64.7 Å². The summed E-state index contributed by atoms with van der Waals surface area (Å²) in [6, 6.07) is 13.9. The second kappa shape index (κ2) is 9.74. The Morgan fingerprint density at radius 2 is 1.72 bits per heavy atom. The van der Waals surface area contributed by atoms with E-state index in [-0.39, 0.29) is 27.4 Å². The van der Waals surface area contributed by atoms with E-state index < -0.39 is 10.0 Å². The highest BCUT2D eigenvalue weighted by Crippen LogP contribution is 2.26. The summed E-state index contributed by atoms with van der Waals surface area (Å²) in [5, 5.41) is 3.21. The maximum absolute atomic E-state index is 13.1. The normalized spacial score (nSPS) is 16.8. The Hall–Kier alpha value is -1.89. The van der Waals surface area contributed by atoms with Crippen molar-refractivity contribution in [3.63, 3.8) is 0 Å². The number of rotatable bonds is 6. The van der Waals surface area contributed by atoms with Gasteiger partial charge in [-0.2, -0.15) is 4.31 Å². The zero-order valence-corrected chi connectivity index (χ0v) is 18.2. The standard InChI is InChI=1S/C22H27ClN2O3S/c1-2-21(17-10-6-5-7-11-17)24-22(26)19-16-18(12-13-20(19)23)29(27,28)25-14-8-3-4-9-15-25/h5-7,10-13,16,21H,2-4,8-9,14-15H2,1H3,(H,24,26). The van der Waals surface area contributed by atoms with E-state index in [1.165, 1.54) is 22.5 Å². The third-order valence-corrected chi connectivity index (χ3v) is 7.52. The number of hydrogen-bond donors (Lipinski definition) is 1. The Labute approximate surface area is 178 Å². The Kier molecular flexibility index (Phi) is 7.33. The molecular formula is C22H27ClN2O3S. The molecule has 0 aromatic heterocycles. The molecule has 0 saturated carbocycles. The van der Waals surface area contributed by atoms with Crippen LogP contribution in [0, 0.1) is 0 Å². The first-order chi connectivity index (χ1) is 13.9. The zero-order chi connectivity index (χ0) is 20.9. The van der Waals surface area contributed by atoms with Crippen molar-refractivity contribution in [2.45, 2.75) is 50.0 Å². The highest BCUT2D eigenvalue weighted by molar-refractivity contribution is 7.89. The van der Waals surface area contributed by atoms with E-state index in [1.807, 2.05) is 37.3 Å². The molecule has 29 heavy (non-hydrogen) atoms. The number of carbonyl (C=O) groups is 1. The van der Waals surface area contributed by atoms with Gasteiger partial charge >= 0.3 is 0 Å². The molecule has 0 radical (unpaired) electrons. The Balaban J connectivity index is 1.85. The van der Waals surface area contributed by atoms with Gasteiger partial charge in [-0.15, -0.1) is 0 Å². The van der Waals surface area contributed by atoms with Crippen LogP contribution in [0.4, 0.5) is 0 Å². The SMILES string of the molecule is CCC(NC(=O)c1cc(S(=O)(=O)N2CCCCCC2)ccc1Cl)c1ccccc1. The van der Waals surface area contributed by atoms with Gasteiger partial charge in [0.15, 0.2) is 0 Å². The average molecular weight is 435 g/mol. The lowest BCUT2D eigenvalue weighted by Crippen LogP contribution is -2.32. The fourth-order valence-corrected chi connectivity index (χ4v) is 5.36. The van der Waals surface area contributed by atoms with Gasteiger partial charge in [0.2, 0.25) is 10.0 Å². The fraction of sp³-hybridized carbons (Fsp3) is 0.409. The van der Waals surface area contributed by atoms with Crippen molar-refractivity contribution < 1.29 is 13.2 Å². The highest BCUT2D eigenvalue weighted by Gasteiger charge is 2.27. The molecule has 0 aliphatic carbocycles. The molecule has 1 aliphatic rings. The molecule has 1 fully saturated rings. The van der Waals surface area contributed by atoms with Crippen LogP contribution < -0.4 is 5.32 Å². The first kappa shape index (κ1) is 21.8. The van der Waals surface area contributed by atoms with Crippen molar-refractivity contribution in [2.24, 2.45) is 0 Å². The molecule has 0 spiro atoms. The summed E-state index contributed by atoms with van der Waals surface area (Å²) >= 11 is 6.26. The van der Waals surface area contributed by atoms with E-state index in [2.05, 4.69) is 5.32 Å². The molecule has 2 aromatic carbocycles. The van der Waals surface area contributed by atoms with Gasteiger partial charge in [-0.05, 0) is 43.0 Å². The maximum atomic E-state index is 13.1. The minimum atomic E-state index is -3.65. The van der Waals surface area contributed by atoms with Crippen LogP contribution >= 0.6 is 11.6 Å². The van der Waals surface area contributed by atoms with Crippen molar-refractivity contribution in [1.82, 2.24) is 9.62 Å². The molecule has 1 unspecified atom stereocenters. The molecule has 1 amide bonds. The molecule has 3 rings (SSSR count). The summed E-state index contributed by atoms with van der Waals surface area (Å²) in [4.78, 5) is 13.0. The van der Waals surface area contributed by atoms with E-state index in [9.17, 15) is 13.2 Å². The molecule has 1 atom stereocenters. The molecule has 0 bridgehead atoms. The van der Waals surface area contributed by atoms with Gasteiger partial charge in [0.25, 0.3) is 5.91 Å². The number of amides is 1. The summed E-state index contributed by atoms with van der Waals surface area (Å²) in [6.45, 7) is 3.01.